The predicted octanol–water partition coefficient (Wildman–Crippen LogP) is 5.36. The zero-order chi connectivity index (χ0) is 28.1. The molecule has 3 aromatic rings. The van der Waals surface area contributed by atoms with Gasteiger partial charge in [-0.2, -0.15) is 0 Å². The van der Waals surface area contributed by atoms with Gasteiger partial charge in [0.25, 0.3) is 0 Å². The fourth-order valence-corrected chi connectivity index (χ4v) is 5.92. The summed E-state index contributed by atoms with van der Waals surface area (Å²) in [7, 11) is 1.73. The Kier molecular flexibility index (Phi) is 7.22. The van der Waals surface area contributed by atoms with Crippen molar-refractivity contribution in [3.05, 3.63) is 75.4 Å². The first kappa shape index (κ1) is 27.6. The minimum absolute atomic E-state index is 0.0383. The minimum Gasteiger partial charge on any atom is -0.486 e. The molecule has 3 N–H and O–H groups in total. The molecule has 2 aliphatic rings. The first-order valence-electron chi connectivity index (χ1n) is 12.6. The van der Waals surface area contributed by atoms with E-state index in [1.54, 1.807) is 25.3 Å². The summed E-state index contributed by atoms with van der Waals surface area (Å²) in [6.45, 7) is 9.13. The van der Waals surface area contributed by atoms with E-state index in [9.17, 15) is 0 Å². The number of nitrogens with two attached hydrogens (primary N) is 1. The van der Waals surface area contributed by atoms with Crippen LogP contribution in [0.1, 0.15) is 43.6 Å². The SMILES string of the molecule is COC1(C)CN(C2(C)CN(c3ncc(C(=N)c4cc(O[C@H](C)c5c(Cl)cncc5Cl)ccc4N)cc3F)C2)C1. The lowest BCUT2D eigenvalue weighted by atomic mass is 9.82. The second-order valence-electron chi connectivity index (χ2n) is 10.8. The third-order valence-electron chi connectivity index (χ3n) is 7.68. The number of nitrogens with zero attached hydrogens (tertiary/aromatic N) is 4. The molecule has 2 saturated heterocycles. The number of hydrogen-bond donors (Lipinski definition) is 2. The van der Waals surface area contributed by atoms with Gasteiger partial charge in [-0.1, -0.05) is 23.2 Å². The van der Waals surface area contributed by atoms with Gasteiger partial charge in [0.05, 0.1) is 26.9 Å². The van der Waals surface area contributed by atoms with Gasteiger partial charge in [0, 0.05) is 74.3 Å². The third-order valence-corrected chi connectivity index (χ3v) is 8.29. The van der Waals surface area contributed by atoms with Gasteiger partial charge < -0.3 is 20.1 Å². The van der Waals surface area contributed by atoms with Crippen molar-refractivity contribution in [2.45, 2.75) is 38.0 Å². The Bertz CT molecular complexity index is 1400. The summed E-state index contributed by atoms with van der Waals surface area (Å²) in [6.07, 6.45) is 4.02. The van der Waals surface area contributed by atoms with Gasteiger partial charge in [-0.25, -0.2) is 9.37 Å². The predicted molar refractivity (Wildman–Crippen MR) is 152 cm³/mol. The molecule has 0 saturated carbocycles. The molecule has 2 aromatic heterocycles. The zero-order valence-electron chi connectivity index (χ0n) is 22.3. The number of halogens is 3. The molecule has 4 heterocycles. The molecule has 0 spiro atoms. The van der Waals surface area contributed by atoms with E-state index in [-0.39, 0.29) is 22.7 Å². The molecule has 1 aromatic carbocycles. The fraction of sp³-hybridized carbons (Fsp3) is 0.393. The third kappa shape index (κ3) is 5.16. The normalized spacial score (nSPS) is 18.7. The van der Waals surface area contributed by atoms with Crippen molar-refractivity contribution in [3.8, 4) is 5.75 Å². The van der Waals surface area contributed by atoms with E-state index < -0.39 is 11.9 Å². The molecule has 0 amide bonds. The van der Waals surface area contributed by atoms with E-state index in [4.69, 9.17) is 43.8 Å². The van der Waals surface area contributed by atoms with Gasteiger partial charge in [-0.3, -0.25) is 15.3 Å². The van der Waals surface area contributed by atoms with Gasteiger partial charge in [0.1, 0.15) is 11.9 Å². The van der Waals surface area contributed by atoms with Crippen molar-refractivity contribution in [1.29, 1.82) is 5.41 Å². The molecule has 0 unspecified atom stereocenters. The highest BCUT2D eigenvalue weighted by atomic mass is 35.5. The Morgan fingerprint density at radius 2 is 1.77 bits per heavy atom. The van der Waals surface area contributed by atoms with E-state index in [0.717, 1.165) is 13.1 Å². The second-order valence-corrected chi connectivity index (χ2v) is 11.6. The Hall–Kier alpha value is -2.98. The summed E-state index contributed by atoms with van der Waals surface area (Å²) in [5.41, 5.74) is 7.74. The molecule has 0 aliphatic carbocycles. The standard InChI is InChI=1S/C28H31Cl2FN6O2/c1-16(24-20(29)10-34-11-21(24)30)39-18-5-6-23(32)19(8-18)25(33)17-7-22(31)26(35-9-17)36-12-27(2,13-36)37-14-28(3,15-37)38-4/h5-11,16,33H,12-15,32H2,1-4H3/t16-/m1/s1. The average molecular weight is 574 g/mol. The molecule has 2 fully saturated rings. The largest absolute Gasteiger partial charge is 0.486 e. The zero-order valence-corrected chi connectivity index (χ0v) is 23.8. The lowest BCUT2D eigenvalue weighted by Gasteiger charge is -2.61. The number of benzene rings is 1. The van der Waals surface area contributed by atoms with Crippen LogP contribution in [0.15, 0.2) is 42.9 Å². The van der Waals surface area contributed by atoms with Crippen LogP contribution < -0.4 is 15.4 Å². The maximum Gasteiger partial charge on any atom is 0.166 e. The van der Waals surface area contributed by atoms with Gasteiger partial charge in [-0.05, 0) is 45.0 Å². The number of rotatable bonds is 8. The van der Waals surface area contributed by atoms with Gasteiger partial charge in [-0.15, -0.1) is 0 Å². The van der Waals surface area contributed by atoms with Crippen LogP contribution in [0.5, 0.6) is 5.75 Å². The van der Waals surface area contributed by atoms with Crippen LogP contribution in [0, 0.1) is 11.2 Å². The maximum absolute atomic E-state index is 15.2. The van der Waals surface area contributed by atoms with Crippen molar-refractivity contribution < 1.29 is 13.9 Å². The van der Waals surface area contributed by atoms with E-state index in [1.165, 1.54) is 24.7 Å². The number of ether oxygens (including phenoxy) is 2. The van der Waals surface area contributed by atoms with Crippen LogP contribution in [0.3, 0.4) is 0 Å². The molecule has 2 aliphatic heterocycles. The van der Waals surface area contributed by atoms with Crippen LogP contribution in [0.4, 0.5) is 15.9 Å². The van der Waals surface area contributed by atoms with Crippen molar-refractivity contribution in [2.24, 2.45) is 0 Å². The summed E-state index contributed by atoms with van der Waals surface area (Å²) in [5.74, 6) is 0.260. The molecule has 11 heteroatoms. The molecular formula is C28H31Cl2FN6O2. The van der Waals surface area contributed by atoms with Crippen LogP contribution in [0.2, 0.25) is 10.0 Å². The molecule has 0 bridgehead atoms. The van der Waals surface area contributed by atoms with Crippen molar-refractivity contribution in [2.75, 3.05) is 43.9 Å². The van der Waals surface area contributed by atoms with Crippen LogP contribution in [-0.4, -0.2) is 65.0 Å². The first-order valence-corrected chi connectivity index (χ1v) is 13.3. The second kappa shape index (κ2) is 10.2. The minimum atomic E-state index is -0.487. The lowest BCUT2D eigenvalue weighted by molar-refractivity contribution is -0.152. The smallest absolute Gasteiger partial charge is 0.166 e. The van der Waals surface area contributed by atoms with Crippen LogP contribution in [-0.2, 0) is 4.74 Å². The molecule has 39 heavy (non-hydrogen) atoms. The number of anilines is 2. The highest BCUT2D eigenvalue weighted by molar-refractivity contribution is 6.35. The number of likely N-dealkylation sites (tertiary alicyclic amines) is 1. The monoisotopic (exact) mass is 572 g/mol. The highest BCUT2D eigenvalue weighted by Crippen LogP contribution is 2.39. The van der Waals surface area contributed by atoms with E-state index >= 15 is 4.39 Å². The quantitative estimate of drug-likeness (QED) is 0.277. The summed E-state index contributed by atoms with van der Waals surface area (Å²) in [4.78, 5) is 12.6. The first-order chi connectivity index (χ1) is 18.4. The average Bonchev–Trinajstić information content (AvgIpc) is 2.85. The molecular weight excluding hydrogens is 542 g/mol. The van der Waals surface area contributed by atoms with E-state index in [2.05, 4.69) is 28.7 Å². The Balaban J connectivity index is 1.29. The van der Waals surface area contributed by atoms with Crippen LogP contribution >= 0.6 is 23.2 Å². The van der Waals surface area contributed by atoms with Crippen molar-refractivity contribution in [1.82, 2.24) is 14.9 Å². The van der Waals surface area contributed by atoms with Crippen molar-refractivity contribution in [3.63, 3.8) is 0 Å². The molecule has 1 atom stereocenters. The fourth-order valence-electron chi connectivity index (χ4n) is 5.25. The van der Waals surface area contributed by atoms with Gasteiger partial charge in [0.2, 0.25) is 0 Å². The van der Waals surface area contributed by atoms with Crippen LogP contribution in [0.25, 0.3) is 0 Å². The van der Waals surface area contributed by atoms with E-state index in [0.29, 0.717) is 51.3 Å². The summed E-state index contributed by atoms with van der Waals surface area (Å²) >= 11 is 12.5. The number of nitrogen functional groups attached to an aromatic ring is 1. The Morgan fingerprint density at radius 3 is 2.38 bits per heavy atom. The molecule has 206 valence electrons. The molecule has 0 radical (unpaired) electrons. The molecule has 5 rings (SSSR count). The summed E-state index contributed by atoms with van der Waals surface area (Å²) < 4.78 is 26.8. The Labute approximate surface area is 237 Å². The number of aromatic nitrogens is 2. The van der Waals surface area contributed by atoms with Crippen molar-refractivity contribution >= 4 is 40.4 Å². The summed E-state index contributed by atoms with van der Waals surface area (Å²) in [5, 5.41) is 9.52. The highest BCUT2D eigenvalue weighted by Gasteiger charge is 2.53. The lowest BCUT2D eigenvalue weighted by Crippen LogP contribution is -2.77. The number of hydrogen-bond acceptors (Lipinski definition) is 8. The number of pyridine rings is 2. The summed E-state index contributed by atoms with van der Waals surface area (Å²) in [6, 6.07) is 6.32. The number of nitrogens with one attached hydrogen (secondary N) is 1. The topological polar surface area (TPSA) is 101 Å². The Morgan fingerprint density at radius 1 is 1.10 bits per heavy atom. The van der Waals surface area contributed by atoms with E-state index in [1.807, 2.05) is 11.8 Å². The molecule has 8 nitrogen and oxygen atoms in total. The number of methoxy groups -OCH3 is 1. The van der Waals surface area contributed by atoms with Gasteiger partial charge >= 0.3 is 0 Å². The van der Waals surface area contributed by atoms with Gasteiger partial charge in [0.15, 0.2) is 11.6 Å². The maximum atomic E-state index is 15.2.